The summed E-state index contributed by atoms with van der Waals surface area (Å²) in [5.41, 5.74) is 0.497. The minimum absolute atomic E-state index is 0.333. The van der Waals surface area contributed by atoms with Crippen molar-refractivity contribution in [3.05, 3.63) is 40.7 Å². The molecule has 6 nitrogen and oxygen atoms in total. The van der Waals surface area contributed by atoms with E-state index in [2.05, 4.69) is 29.4 Å². The van der Waals surface area contributed by atoms with Crippen LogP contribution >= 0.6 is 23.4 Å². The second-order valence-corrected chi connectivity index (χ2v) is 9.02. The lowest BCUT2D eigenvalue weighted by molar-refractivity contribution is 0.0487. The first-order valence-corrected chi connectivity index (χ1v) is 10.2. The number of alkyl carbamates (subject to hydrolysis) is 1. The van der Waals surface area contributed by atoms with Crippen LogP contribution in [0.25, 0.3) is 0 Å². The van der Waals surface area contributed by atoms with Crippen LogP contribution in [0.2, 0.25) is 5.02 Å². The molecule has 0 aliphatic rings. The van der Waals surface area contributed by atoms with Crippen molar-refractivity contribution in [3.8, 4) is 0 Å². The minimum atomic E-state index is -0.570. The fourth-order valence-electron chi connectivity index (χ4n) is 2.33. The second-order valence-electron chi connectivity index (χ2n) is 7.65. The lowest BCUT2D eigenvalue weighted by Gasteiger charge is -2.22. The molecule has 1 aromatic carbocycles. The van der Waals surface area contributed by atoms with Gasteiger partial charge in [-0.3, -0.25) is 0 Å². The zero-order chi connectivity index (χ0) is 20.0. The van der Waals surface area contributed by atoms with E-state index >= 15 is 0 Å². The molecule has 0 saturated carbocycles. The summed E-state index contributed by atoms with van der Waals surface area (Å²) in [7, 11) is 0. The van der Waals surface area contributed by atoms with E-state index in [1.165, 1.54) is 11.8 Å². The van der Waals surface area contributed by atoms with E-state index in [1.54, 1.807) is 0 Å². The number of halogens is 1. The molecule has 0 radical (unpaired) electrons. The molecule has 27 heavy (non-hydrogen) atoms. The maximum atomic E-state index is 12.1. The van der Waals surface area contributed by atoms with Gasteiger partial charge in [-0.2, -0.15) is 0 Å². The van der Waals surface area contributed by atoms with Crippen molar-refractivity contribution in [3.63, 3.8) is 0 Å². The second kappa shape index (κ2) is 9.46. The molecule has 1 unspecified atom stereocenters. The summed E-state index contributed by atoms with van der Waals surface area (Å²) in [6.07, 6.45) is 0.166. The number of rotatable bonds is 7. The van der Waals surface area contributed by atoms with Crippen LogP contribution in [0.1, 0.15) is 58.5 Å². The van der Waals surface area contributed by atoms with E-state index in [0.717, 1.165) is 5.56 Å². The quantitative estimate of drug-likeness (QED) is 0.595. The Morgan fingerprint density at radius 1 is 1.33 bits per heavy atom. The Kier molecular flexibility index (Phi) is 7.56. The first kappa shape index (κ1) is 21.6. The smallest absolute Gasteiger partial charge is 0.408 e. The zero-order valence-corrected chi connectivity index (χ0v) is 17.9. The number of carbonyl (C=O) groups excluding carboxylic acids is 1. The van der Waals surface area contributed by atoms with E-state index in [9.17, 15) is 4.79 Å². The van der Waals surface area contributed by atoms with Gasteiger partial charge < -0.3 is 14.5 Å². The number of hydrogen-bond acceptors (Lipinski definition) is 6. The minimum Gasteiger partial charge on any atom is -0.444 e. The van der Waals surface area contributed by atoms with Crippen molar-refractivity contribution in [2.24, 2.45) is 5.92 Å². The molecule has 1 heterocycles. The summed E-state index contributed by atoms with van der Waals surface area (Å²) in [6, 6.07) is 7.23. The fraction of sp³-hybridized carbons (Fsp3) is 0.526. The number of nitrogens with zero attached hydrogens (tertiary/aromatic N) is 2. The fourth-order valence-corrected chi connectivity index (χ4v) is 3.26. The van der Waals surface area contributed by atoms with Crippen LogP contribution < -0.4 is 5.32 Å². The summed E-state index contributed by atoms with van der Waals surface area (Å²) < 4.78 is 11.1. The Balaban J connectivity index is 2.02. The third kappa shape index (κ3) is 7.81. The highest BCUT2D eigenvalue weighted by atomic mass is 35.5. The number of carbonyl (C=O) groups is 1. The molecule has 0 aliphatic heterocycles. The van der Waals surface area contributed by atoms with Gasteiger partial charge in [0.2, 0.25) is 5.89 Å². The lowest BCUT2D eigenvalue weighted by Crippen LogP contribution is -2.35. The van der Waals surface area contributed by atoms with Crippen molar-refractivity contribution in [1.29, 1.82) is 0 Å². The standard InChI is InChI=1S/C19H26ClN3O3S/c1-12(2)9-15(21-17(24)26-19(3,4)5)16-22-23-18(25-16)27-11-13-7-6-8-14(20)10-13/h6-8,10,12,15H,9,11H2,1-5H3,(H,21,24). The van der Waals surface area contributed by atoms with Crippen LogP contribution in [0, 0.1) is 5.92 Å². The van der Waals surface area contributed by atoms with Gasteiger partial charge in [0.25, 0.3) is 5.22 Å². The van der Waals surface area contributed by atoms with Gasteiger partial charge in [0, 0.05) is 10.8 Å². The number of ether oxygens (including phenoxy) is 1. The third-order valence-electron chi connectivity index (χ3n) is 3.37. The van der Waals surface area contributed by atoms with E-state index in [4.69, 9.17) is 20.8 Å². The van der Waals surface area contributed by atoms with Gasteiger partial charge in [-0.25, -0.2) is 4.79 Å². The largest absolute Gasteiger partial charge is 0.444 e. The van der Waals surface area contributed by atoms with E-state index in [-0.39, 0.29) is 0 Å². The molecule has 1 atom stereocenters. The monoisotopic (exact) mass is 411 g/mol. The molecule has 1 amide bonds. The first-order chi connectivity index (χ1) is 12.6. The Bertz CT molecular complexity index is 759. The Morgan fingerprint density at radius 2 is 2.07 bits per heavy atom. The number of thioether (sulfide) groups is 1. The Labute approximate surface area is 169 Å². The van der Waals surface area contributed by atoms with Gasteiger partial charge >= 0.3 is 6.09 Å². The van der Waals surface area contributed by atoms with E-state index in [0.29, 0.717) is 34.2 Å². The van der Waals surface area contributed by atoms with Crippen LogP contribution in [0.5, 0.6) is 0 Å². The highest BCUT2D eigenvalue weighted by molar-refractivity contribution is 7.98. The molecule has 8 heteroatoms. The first-order valence-electron chi connectivity index (χ1n) is 8.82. The van der Waals surface area contributed by atoms with Gasteiger partial charge in [-0.1, -0.05) is 49.3 Å². The van der Waals surface area contributed by atoms with Gasteiger partial charge in [0.05, 0.1) is 0 Å². The highest BCUT2D eigenvalue weighted by Gasteiger charge is 2.25. The Morgan fingerprint density at radius 3 is 2.70 bits per heavy atom. The molecule has 0 aliphatic carbocycles. The van der Waals surface area contributed by atoms with Gasteiger partial charge in [0.1, 0.15) is 11.6 Å². The summed E-state index contributed by atoms with van der Waals surface area (Å²) in [5.74, 6) is 1.37. The number of nitrogens with one attached hydrogen (secondary N) is 1. The summed E-state index contributed by atoms with van der Waals surface area (Å²) in [5, 5.41) is 12.2. The SMILES string of the molecule is CC(C)CC(NC(=O)OC(C)(C)C)c1nnc(SCc2cccc(Cl)c2)o1. The molecule has 0 bridgehead atoms. The highest BCUT2D eigenvalue weighted by Crippen LogP contribution is 2.27. The van der Waals surface area contributed by atoms with Crippen LogP contribution in [0.15, 0.2) is 33.9 Å². The molecule has 1 N–H and O–H groups in total. The topological polar surface area (TPSA) is 77.2 Å². The van der Waals surface area contributed by atoms with Crippen molar-refractivity contribution < 1.29 is 13.9 Å². The van der Waals surface area contributed by atoms with Gasteiger partial charge in [-0.15, -0.1) is 10.2 Å². The van der Waals surface area contributed by atoms with Crippen LogP contribution in [0.3, 0.4) is 0 Å². The van der Waals surface area contributed by atoms with Crippen molar-refractivity contribution in [1.82, 2.24) is 15.5 Å². The molecule has 0 spiro atoms. The molecule has 2 rings (SSSR count). The molecular weight excluding hydrogens is 386 g/mol. The van der Waals surface area contributed by atoms with Crippen LogP contribution in [0.4, 0.5) is 4.79 Å². The normalized spacial score (nSPS) is 12.9. The zero-order valence-electron chi connectivity index (χ0n) is 16.3. The molecule has 148 valence electrons. The van der Waals surface area contributed by atoms with Crippen LogP contribution in [-0.4, -0.2) is 21.9 Å². The number of amides is 1. The third-order valence-corrected chi connectivity index (χ3v) is 4.49. The van der Waals surface area contributed by atoms with Gasteiger partial charge in [-0.05, 0) is 50.8 Å². The molecular formula is C19H26ClN3O3S. The Hall–Kier alpha value is -1.73. The maximum Gasteiger partial charge on any atom is 0.408 e. The van der Waals surface area contributed by atoms with Crippen molar-refractivity contribution >= 4 is 29.5 Å². The average Bonchev–Trinajstić information content (AvgIpc) is 2.99. The molecule has 0 fully saturated rings. The number of aromatic nitrogens is 2. The van der Waals surface area contributed by atoms with Crippen molar-refractivity contribution in [2.45, 2.75) is 63.7 Å². The number of benzene rings is 1. The molecule has 0 saturated heterocycles. The van der Waals surface area contributed by atoms with E-state index in [1.807, 2.05) is 45.0 Å². The summed E-state index contributed by atoms with van der Waals surface area (Å²) in [6.45, 7) is 9.59. The average molecular weight is 412 g/mol. The molecule has 2 aromatic rings. The van der Waals surface area contributed by atoms with Crippen molar-refractivity contribution in [2.75, 3.05) is 0 Å². The maximum absolute atomic E-state index is 12.1. The predicted octanol–water partition coefficient (Wildman–Crippen LogP) is 5.63. The summed E-state index contributed by atoms with van der Waals surface area (Å²) in [4.78, 5) is 12.1. The number of hydrogen-bond donors (Lipinski definition) is 1. The van der Waals surface area contributed by atoms with Crippen LogP contribution in [-0.2, 0) is 10.5 Å². The molecule has 1 aromatic heterocycles. The predicted molar refractivity (Wildman–Crippen MR) is 107 cm³/mol. The lowest BCUT2D eigenvalue weighted by atomic mass is 10.0. The van der Waals surface area contributed by atoms with Gasteiger partial charge in [0.15, 0.2) is 0 Å². The van der Waals surface area contributed by atoms with E-state index < -0.39 is 17.7 Å². The summed E-state index contributed by atoms with van der Waals surface area (Å²) >= 11 is 7.43.